The molecule has 0 N–H and O–H groups in total. The average molecular weight is 354 g/mol. The molecule has 1 amide bonds. The van der Waals surface area contributed by atoms with Gasteiger partial charge >= 0.3 is 0 Å². The Bertz CT molecular complexity index is 694. The van der Waals surface area contributed by atoms with Crippen molar-refractivity contribution in [2.75, 3.05) is 14.1 Å². The van der Waals surface area contributed by atoms with E-state index in [9.17, 15) is 9.18 Å². The molecule has 0 aliphatic carbocycles. The minimum atomic E-state index is -0.317. The average Bonchev–Trinajstić information content (AvgIpc) is 2.68. The summed E-state index contributed by atoms with van der Waals surface area (Å²) in [5.74, 6) is -0.371. The van der Waals surface area contributed by atoms with Crippen LogP contribution < -0.4 is 0 Å². The smallest absolute Gasteiger partial charge is 0.243 e. The molecule has 4 nitrogen and oxygen atoms in total. The molecular weight excluding hydrogens is 337 g/mol. The third-order valence-corrected chi connectivity index (χ3v) is 4.00. The second-order valence-corrected chi connectivity index (χ2v) is 5.95. The van der Waals surface area contributed by atoms with Gasteiger partial charge in [0.05, 0.1) is 10.2 Å². The van der Waals surface area contributed by atoms with Gasteiger partial charge in [-0.3, -0.25) is 9.48 Å². The van der Waals surface area contributed by atoms with E-state index in [4.69, 9.17) is 0 Å². The van der Waals surface area contributed by atoms with E-state index >= 15 is 0 Å². The van der Waals surface area contributed by atoms with Gasteiger partial charge in [-0.1, -0.05) is 12.1 Å². The van der Waals surface area contributed by atoms with Crippen LogP contribution in [-0.4, -0.2) is 34.7 Å². The molecule has 1 heterocycles. The molecule has 0 radical (unpaired) electrons. The van der Waals surface area contributed by atoms with E-state index in [1.807, 2.05) is 13.8 Å². The fraction of sp³-hybridized carbons (Fsp3) is 0.333. The molecule has 1 aromatic carbocycles. The first-order valence-electron chi connectivity index (χ1n) is 6.51. The van der Waals surface area contributed by atoms with E-state index in [0.29, 0.717) is 15.7 Å². The largest absolute Gasteiger partial charge is 0.347 e. The highest BCUT2D eigenvalue weighted by molar-refractivity contribution is 9.10. The lowest BCUT2D eigenvalue weighted by atomic mass is 10.0. The van der Waals surface area contributed by atoms with E-state index < -0.39 is 0 Å². The van der Waals surface area contributed by atoms with Crippen molar-refractivity contribution in [1.29, 1.82) is 0 Å². The number of aromatic nitrogens is 2. The Hall–Kier alpha value is -1.69. The van der Waals surface area contributed by atoms with Crippen LogP contribution in [0.15, 0.2) is 22.7 Å². The Labute approximate surface area is 131 Å². The normalized spacial score (nSPS) is 10.8. The number of hydrogen-bond acceptors (Lipinski definition) is 2. The predicted octanol–water partition coefficient (Wildman–Crippen LogP) is 3.16. The van der Waals surface area contributed by atoms with E-state index in [1.54, 1.807) is 37.0 Å². The number of nitrogens with zero attached hydrogens (tertiary/aromatic N) is 3. The maximum Gasteiger partial charge on any atom is 0.243 e. The molecule has 0 bridgehead atoms. The molecule has 0 aliphatic rings. The monoisotopic (exact) mass is 353 g/mol. The summed E-state index contributed by atoms with van der Waals surface area (Å²) in [6.07, 6.45) is 0. The van der Waals surface area contributed by atoms with Crippen LogP contribution in [0.2, 0.25) is 0 Å². The molecular formula is C15H17BrFN3O. The number of hydrogen-bond donors (Lipinski definition) is 0. The van der Waals surface area contributed by atoms with Crippen molar-refractivity contribution < 1.29 is 9.18 Å². The topological polar surface area (TPSA) is 38.1 Å². The van der Waals surface area contributed by atoms with Crippen LogP contribution in [0, 0.1) is 19.7 Å². The maximum absolute atomic E-state index is 14.3. The Morgan fingerprint density at radius 1 is 1.38 bits per heavy atom. The van der Waals surface area contributed by atoms with Gasteiger partial charge in [-0.2, -0.15) is 5.10 Å². The Kier molecular flexibility index (Phi) is 4.46. The highest BCUT2D eigenvalue weighted by atomic mass is 79.9. The van der Waals surface area contributed by atoms with E-state index in [-0.39, 0.29) is 18.3 Å². The number of rotatable bonds is 3. The van der Waals surface area contributed by atoms with Gasteiger partial charge in [0.1, 0.15) is 12.4 Å². The first-order valence-corrected chi connectivity index (χ1v) is 7.30. The quantitative estimate of drug-likeness (QED) is 0.849. The molecule has 0 unspecified atom stereocenters. The van der Waals surface area contributed by atoms with Crippen LogP contribution in [-0.2, 0) is 11.3 Å². The van der Waals surface area contributed by atoms with Gasteiger partial charge in [-0.15, -0.1) is 0 Å². The van der Waals surface area contributed by atoms with Gasteiger partial charge in [0.25, 0.3) is 0 Å². The molecule has 2 aromatic rings. The molecule has 0 saturated carbocycles. The lowest BCUT2D eigenvalue weighted by molar-refractivity contribution is -0.129. The molecule has 0 fully saturated rings. The minimum Gasteiger partial charge on any atom is -0.347 e. The Morgan fingerprint density at radius 2 is 2.05 bits per heavy atom. The summed E-state index contributed by atoms with van der Waals surface area (Å²) in [6, 6.07) is 5.16. The zero-order valence-electron chi connectivity index (χ0n) is 12.4. The number of halogens is 2. The molecule has 1 aromatic heterocycles. The highest BCUT2D eigenvalue weighted by Gasteiger charge is 2.19. The Morgan fingerprint density at radius 3 is 2.67 bits per heavy atom. The lowest BCUT2D eigenvalue weighted by Crippen LogP contribution is -2.27. The number of carbonyl (C=O) groups excluding carboxylic acids is 1. The third-order valence-electron chi connectivity index (χ3n) is 3.39. The van der Waals surface area contributed by atoms with E-state index in [0.717, 1.165) is 11.3 Å². The molecule has 0 aliphatic heterocycles. The van der Waals surface area contributed by atoms with Crippen molar-refractivity contribution in [1.82, 2.24) is 14.7 Å². The second-order valence-electron chi connectivity index (χ2n) is 5.09. The van der Waals surface area contributed by atoms with Gasteiger partial charge in [-0.25, -0.2) is 4.39 Å². The maximum atomic E-state index is 14.3. The van der Waals surface area contributed by atoms with Crippen LogP contribution in [0.3, 0.4) is 0 Å². The van der Waals surface area contributed by atoms with Crippen LogP contribution in [0.4, 0.5) is 4.39 Å². The summed E-state index contributed by atoms with van der Waals surface area (Å²) in [5.41, 5.74) is 2.71. The van der Waals surface area contributed by atoms with Gasteiger partial charge in [0.15, 0.2) is 0 Å². The first kappa shape index (κ1) is 15.7. The summed E-state index contributed by atoms with van der Waals surface area (Å²) in [7, 11) is 3.39. The molecule has 0 atom stereocenters. The van der Waals surface area contributed by atoms with Crippen LogP contribution >= 0.6 is 15.9 Å². The summed E-state index contributed by atoms with van der Waals surface area (Å²) in [6.45, 7) is 3.81. The van der Waals surface area contributed by atoms with Crippen molar-refractivity contribution in [3.63, 3.8) is 0 Å². The van der Waals surface area contributed by atoms with Crippen LogP contribution in [0.1, 0.15) is 11.4 Å². The fourth-order valence-corrected chi connectivity index (χ4v) is 2.57. The standard InChI is InChI=1S/C15H17BrFN3O/c1-9-14(11-6-5-7-12(16)15(11)17)10(2)20(18-9)8-13(21)19(3)4/h5-7H,8H2,1-4H3. The van der Waals surface area contributed by atoms with E-state index in [1.165, 1.54) is 4.90 Å². The number of aryl methyl sites for hydroxylation is 1. The minimum absolute atomic E-state index is 0.0538. The third kappa shape index (κ3) is 3.00. The summed E-state index contributed by atoms with van der Waals surface area (Å²) >= 11 is 3.20. The molecule has 112 valence electrons. The van der Waals surface area contributed by atoms with Gasteiger partial charge in [0.2, 0.25) is 5.91 Å². The second kappa shape index (κ2) is 5.97. The van der Waals surface area contributed by atoms with Crippen molar-refractivity contribution in [3.8, 4) is 11.1 Å². The molecule has 6 heteroatoms. The van der Waals surface area contributed by atoms with Gasteiger partial charge in [0, 0.05) is 30.9 Å². The van der Waals surface area contributed by atoms with Gasteiger partial charge in [-0.05, 0) is 35.8 Å². The highest BCUT2D eigenvalue weighted by Crippen LogP contribution is 2.32. The zero-order valence-corrected chi connectivity index (χ0v) is 14.0. The summed E-state index contributed by atoms with van der Waals surface area (Å²) in [5, 5.41) is 4.37. The van der Waals surface area contributed by atoms with E-state index in [2.05, 4.69) is 21.0 Å². The summed E-state index contributed by atoms with van der Waals surface area (Å²) in [4.78, 5) is 13.3. The van der Waals surface area contributed by atoms with Crippen molar-refractivity contribution >= 4 is 21.8 Å². The lowest BCUT2D eigenvalue weighted by Gasteiger charge is -2.11. The number of carbonyl (C=O) groups is 1. The zero-order chi connectivity index (χ0) is 15.7. The molecule has 2 rings (SSSR count). The first-order chi connectivity index (χ1) is 9.82. The predicted molar refractivity (Wildman–Crippen MR) is 83.5 cm³/mol. The number of amides is 1. The van der Waals surface area contributed by atoms with Crippen LogP contribution in [0.5, 0.6) is 0 Å². The summed E-state index contributed by atoms with van der Waals surface area (Å²) < 4.78 is 16.3. The van der Waals surface area contributed by atoms with Crippen LogP contribution in [0.25, 0.3) is 11.1 Å². The number of benzene rings is 1. The van der Waals surface area contributed by atoms with Crippen molar-refractivity contribution in [2.45, 2.75) is 20.4 Å². The SMILES string of the molecule is Cc1nn(CC(=O)N(C)C)c(C)c1-c1cccc(Br)c1F. The van der Waals surface area contributed by atoms with Crippen molar-refractivity contribution in [3.05, 3.63) is 39.9 Å². The number of likely N-dealkylation sites (N-methyl/N-ethyl adjacent to an activating group) is 1. The fourth-order valence-electron chi connectivity index (χ4n) is 2.21. The Balaban J connectivity index is 2.49. The molecule has 0 spiro atoms. The van der Waals surface area contributed by atoms with Gasteiger partial charge < -0.3 is 4.90 Å². The molecule has 0 saturated heterocycles. The molecule has 21 heavy (non-hydrogen) atoms. The van der Waals surface area contributed by atoms with Crippen molar-refractivity contribution in [2.24, 2.45) is 0 Å².